The molecule has 0 spiro atoms. The lowest BCUT2D eigenvalue weighted by Crippen LogP contribution is -2.25. The van der Waals surface area contributed by atoms with Gasteiger partial charge in [-0.05, 0) is 31.4 Å². The molecular formula is C19H21N3O6. The molecule has 1 aromatic heterocycles. The number of aryl methyl sites for hydroxylation is 1. The van der Waals surface area contributed by atoms with Crippen LogP contribution in [0.1, 0.15) is 34.5 Å². The number of aromatic nitrogens is 1. The number of rotatable bonds is 9. The largest absolute Gasteiger partial charge is 0.481 e. The molecule has 0 saturated carbocycles. The summed E-state index contributed by atoms with van der Waals surface area (Å²) in [5, 5.41) is 23.6. The van der Waals surface area contributed by atoms with E-state index in [-0.39, 0.29) is 24.2 Å². The number of methoxy groups -OCH3 is 1. The summed E-state index contributed by atoms with van der Waals surface area (Å²) in [6.45, 7) is 1.60. The molecule has 1 aromatic carbocycles. The summed E-state index contributed by atoms with van der Waals surface area (Å²) >= 11 is 0. The van der Waals surface area contributed by atoms with Crippen molar-refractivity contribution in [1.82, 2.24) is 4.98 Å². The Labute approximate surface area is 161 Å². The summed E-state index contributed by atoms with van der Waals surface area (Å²) in [6.07, 6.45) is 0.549. The fourth-order valence-corrected chi connectivity index (χ4v) is 2.83. The Morgan fingerprint density at radius 2 is 2.00 bits per heavy atom. The van der Waals surface area contributed by atoms with Crippen molar-refractivity contribution >= 4 is 23.4 Å². The van der Waals surface area contributed by atoms with Crippen molar-refractivity contribution in [3.05, 3.63) is 63.3 Å². The van der Waals surface area contributed by atoms with Crippen molar-refractivity contribution in [2.45, 2.75) is 32.2 Å². The number of aliphatic carboxylic acids is 1. The second kappa shape index (κ2) is 9.45. The van der Waals surface area contributed by atoms with E-state index < -0.39 is 28.6 Å². The number of nitro groups is 1. The molecule has 9 nitrogen and oxygen atoms in total. The van der Waals surface area contributed by atoms with Crippen LogP contribution in [0.15, 0.2) is 36.4 Å². The number of hydrogen-bond donors (Lipinski definition) is 2. The molecule has 0 aliphatic carbocycles. The Kier molecular flexibility index (Phi) is 7.02. The summed E-state index contributed by atoms with van der Waals surface area (Å²) in [6, 6.07) is 10.2. The van der Waals surface area contributed by atoms with Crippen molar-refractivity contribution in [1.29, 1.82) is 0 Å². The fourth-order valence-electron chi connectivity index (χ4n) is 2.83. The lowest BCUT2D eigenvalue weighted by Gasteiger charge is -2.19. The number of hydrogen-bond acceptors (Lipinski definition) is 7. The minimum absolute atomic E-state index is 0.0864. The van der Waals surface area contributed by atoms with Crippen molar-refractivity contribution in [2.24, 2.45) is 0 Å². The fraction of sp³-hybridized carbons (Fsp3) is 0.316. The molecule has 0 fully saturated rings. The predicted octanol–water partition coefficient (Wildman–Crippen LogP) is 2.97. The summed E-state index contributed by atoms with van der Waals surface area (Å²) in [5.41, 5.74) is 0.629. The monoisotopic (exact) mass is 387 g/mol. The number of anilines is 1. The van der Waals surface area contributed by atoms with Gasteiger partial charge in [-0.15, -0.1) is 0 Å². The lowest BCUT2D eigenvalue weighted by atomic mass is 10.0. The molecule has 0 radical (unpaired) electrons. The molecule has 1 unspecified atom stereocenters. The third kappa shape index (κ3) is 5.50. The van der Waals surface area contributed by atoms with E-state index >= 15 is 0 Å². The Morgan fingerprint density at radius 3 is 2.57 bits per heavy atom. The Bertz CT molecular complexity index is 869. The van der Waals surface area contributed by atoms with Gasteiger partial charge in [-0.2, -0.15) is 0 Å². The van der Waals surface area contributed by atoms with Gasteiger partial charge in [0, 0.05) is 18.2 Å². The third-order valence-electron chi connectivity index (χ3n) is 4.08. The number of esters is 1. The third-order valence-corrected chi connectivity index (χ3v) is 4.08. The molecule has 0 aliphatic rings. The summed E-state index contributed by atoms with van der Waals surface area (Å²) in [7, 11) is 1.14. The topological polar surface area (TPSA) is 132 Å². The lowest BCUT2D eigenvalue weighted by molar-refractivity contribution is -0.384. The van der Waals surface area contributed by atoms with Crippen LogP contribution in [0.3, 0.4) is 0 Å². The summed E-state index contributed by atoms with van der Waals surface area (Å²) in [4.78, 5) is 38.1. The van der Waals surface area contributed by atoms with Gasteiger partial charge in [0.1, 0.15) is 5.56 Å². The maximum absolute atomic E-state index is 12.0. The number of nitrogens with zero attached hydrogens (tertiary/aromatic N) is 2. The SMILES string of the molecule is COC(=O)c1cc(C)nc(NC(CCC(=O)O)Cc2ccccc2)c1[N+](=O)[O-]. The number of pyridine rings is 1. The van der Waals surface area contributed by atoms with Crippen LogP contribution in [0, 0.1) is 17.0 Å². The van der Waals surface area contributed by atoms with Crippen molar-refractivity contribution < 1.29 is 24.4 Å². The van der Waals surface area contributed by atoms with E-state index in [0.29, 0.717) is 12.1 Å². The second-order valence-electron chi connectivity index (χ2n) is 6.22. The van der Waals surface area contributed by atoms with E-state index in [2.05, 4.69) is 15.0 Å². The first-order chi connectivity index (χ1) is 13.3. The van der Waals surface area contributed by atoms with Gasteiger partial charge in [-0.3, -0.25) is 14.9 Å². The van der Waals surface area contributed by atoms with Gasteiger partial charge in [-0.1, -0.05) is 30.3 Å². The zero-order chi connectivity index (χ0) is 20.7. The molecule has 148 valence electrons. The smallest absolute Gasteiger partial charge is 0.345 e. The minimum atomic E-state index is -0.971. The number of ether oxygens (including phenoxy) is 1. The maximum Gasteiger partial charge on any atom is 0.345 e. The standard InChI is InChI=1S/C19H21N3O6/c1-12-10-15(19(25)28-2)17(22(26)27)18(20-12)21-14(8-9-16(23)24)11-13-6-4-3-5-7-13/h3-7,10,14H,8-9,11H2,1-2H3,(H,20,21)(H,23,24). The minimum Gasteiger partial charge on any atom is -0.481 e. The van der Waals surface area contributed by atoms with E-state index in [0.717, 1.165) is 12.7 Å². The second-order valence-corrected chi connectivity index (χ2v) is 6.22. The number of carboxylic acids is 1. The molecule has 0 aliphatic heterocycles. The van der Waals surface area contributed by atoms with Crippen LogP contribution in [0.2, 0.25) is 0 Å². The van der Waals surface area contributed by atoms with Gasteiger partial charge in [-0.25, -0.2) is 9.78 Å². The summed E-state index contributed by atoms with van der Waals surface area (Å²) in [5.74, 6) is -1.90. The van der Waals surface area contributed by atoms with Gasteiger partial charge in [0.2, 0.25) is 5.82 Å². The molecule has 0 bridgehead atoms. The first kappa shape index (κ1) is 20.8. The highest BCUT2D eigenvalue weighted by atomic mass is 16.6. The highest BCUT2D eigenvalue weighted by Gasteiger charge is 2.29. The van der Waals surface area contributed by atoms with E-state index in [4.69, 9.17) is 5.11 Å². The molecule has 2 N–H and O–H groups in total. The molecular weight excluding hydrogens is 366 g/mol. The molecule has 1 atom stereocenters. The van der Waals surface area contributed by atoms with Crippen LogP contribution in [-0.2, 0) is 16.0 Å². The molecule has 0 saturated heterocycles. The number of carboxylic acid groups (broad SMARTS) is 1. The predicted molar refractivity (Wildman–Crippen MR) is 101 cm³/mol. The van der Waals surface area contributed by atoms with Crippen LogP contribution in [-0.4, -0.2) is 40.1 Å². The summed E-state index contributed by atoms with van der Waals surface area (Å²) < 4.78 is 4.64. The number of benzene rings is 1. The van der Waals surface area contributed by atoms with Gasteiger partial charge >= 0.3 is 17.6 Å². The van der Waals surface area contributed by atoms with E-state index in [1.54, 1.807) is 6.92 Å². The number of carbonyl (C=O) groups excluding carboxylic acids is 1. The first-order valence-corrected chi connectivity index (χ1v) is 8.58. The van der Waals surface area contributed by atoms with Gasteiger partial charge in [0.15, 0.2) is 0 Å². The normalized spacial score (nSPS) is 11.5. The first-order valence-electron chi connectivity index (χ1n) is 8.58. The highest BCUT2D eigenvalue weighted by molar-refractivity contribution is 5.96. The van der Waals surface area contributed by atoms with Crippen LogP contribution in [0.25, 0.3) is 0 Å². The zero-order valence-corrected chi connectivity index (χ0v) is 15.5. The highest BCUT2D eigenvalue weighted by Crippen LogP contribution is 2.30. The van der Waals surface area contributed by atoms with Crippen LogP contribution in [0.5, 0.6) is 0 Å². The molecule has 28 heavy (non-hydrogen) atoms. The maximum atomic E-state index is 12.0. The Morgan fingerprint density at radius 1 is 1.32 bits per heavy atom. The quantitative estimate of drug-likeness (QED) is 0.381. The molecule has 2 rings (SSSR count). The van der Waals surface area contributed by atoms with Gasteiger partial charge < -0.3 is 15.2 Å². The van der Waals surface area contributed by atoms with Crippen LogP contribution in [0.4, 0.5) is 11.5 Å². The van der Waals surface area contributed by atoms with E-state index in [1.807, 2.05) is 30.3 Å². The molecule has 0 amide bonds. The molecule has 9 heteroatoms. The van der Waals surface area contributed by atoms with E-state index in [9.17, 15) is 19.7 Å². The number of nitrogens with one attached hydrogen (secondary N) is 1. The van der Waals surface area contributed by atoms with Gasteiger partial charge in [0.25, 0.3) is 0 Å². The van der Waals surface area contributed by atoms with Crippen molar-refractivity contribution in [2.75, 3.05) is 12.4 Å². The zero-order valence-electron chi connectivity index (χ0n) is 15.5. The van der Waals surface area contributed by atoms with Crippen molar-refractivity contribution in [3.8, 4) is 0 Å². The average Bonchev–Trinajstić information content (AvgIpc) is 2.65. The van der Waals surface area contributed by atoms with Crippen LogP contribution >= 0.6 is 0 Å². The molecule has 1 heterocycles. The Hall–Kier alpha value is -3.49. The van der Waals surface area contributed by atoms with E-state index in [1.165, 1.54) is 6.07 Å². The molecule has 2 aromatic rings. The Balaban J connectivity index is 2.41. The van der Waals surface area contributed by atoms with Gasteiger partial charge in [0.05, 0.1) is 12.0 Å². The van der Waals surface area contributed by atoms with Crippen LogP contribution < -0.4 is 5.32 Å². The average molecular weight is 387 g/mol. The van der Waals surface area contributed by atoms with Crippen molar-refractivity contribution in [3.63, 3.8) is 0 Å². The number of carbonyl (C=O) groups is 2.